The lowest BCUT2D eigenvalue weighted by Crippen LogP contribution is -2.61. The number of nitrogens with one attached hydrogen (secondary N) is 2. The third-order valence-corrected chi connectivity index (χ3v) is 7.42. The van der Waals surface area contributed by atoms with Crippen molar-refractivity contribution in [3.63, 3.8) is 0 Å². The Hall–Kier alpha value is -2.88. The van der Waals surface area contributed by atoms with E-state index < -0.39 is 22.0 Å². The van der Waals surface area contributed by atoms with Crippen LogP contribution in [0.25, 0.3) is 0 Å². The number of anilines is 1. The van der Waals surface area contributed by atoms with Crippen molar-refractivity contribution in [2.24, 2.45) is 0 Å². The van der Waals surface area contributed by atoms with E-state index in [0.717, 1.165) is 11.3 Å². The number of nitrogens with zero attached hydrogens (tertiary/aromatic N) is 3. The van der Waals surface area contributed by atoms with E-state index in [-0.39, 0.29) is 28.0 Å². The molecule has 1 aliphatic rings. The number of esters is 1. The molecule has 10 nitrogen and oxygen atoms in total. The van der Waals surface area contributed by atoms with Crippen molar-refractivity contribution in [3.05, 3.63) is 39.4 Å². The standard InChI is InChI=1S/C18H18ClN5O5S2/c1-3-29-17(25)13-6-11(7-20)16(21-10(13)2)24-8-12(9-24)22-18(26)23-31(27,28)15-5-4-14(19)30-15/h4-6,12H,3,8-9H2,1-2H3,(H2,22,23,26)/i18-1. The van der Waals surface area contributed by atoms with Gasteiger partial charge in [0.15, 0.2) is 0 Å². The Morgan fingerprint density at radius 2 is 2.13 bits per heavy atom. The van der Waals surface area contributed by atoms with Crippen molar-refractivity contribution >= 4 is 50.8 Å². The molecule has 0 atom stereocenters. The van der Waals surface area contributed by atoms with Gasteiger partial charge in [-0.2, -0.15) is 5.26 Å². The Morgan fingerprint density at radius 1 is 1.42 bits per heavy atom. The molecule has 0 spiro atoms. The number of rotatable bonds is 6. The lowest BCUT2D eigenvalue weighted by atomic mass is 10.0. The average molecular weight is 483 g/mol. The second-order valence-electron chi connectivity index (χ2n) is 6.56. The van der Waals surface area contributed by atoms with Crippen LogP contribution in [-0.2, 0) is 14.8 Å². The molecule has 3 heterocycles. The normalized spacial score (nSPS) is 13.8. The van der Waals surface area contributed by atoms with Crippen LogP contribution in [0.1, 0.15) is 28.5 Å². The number of sulfonamides is 1. The second kappa shape index (κ2) is 9.09. The number of carbonyl (C=O) groups excluding carboxylic acids is 2. The number of amides is 2. The molecule has 0 radical (unpaired) electrons. The van der Waals surface area contributed by atoms with Gasteiger partial charge in [-0.15, -0.1) is 11.3 Å². The molecular formula is C18H18ClN5O5S2. The molecule has 2 amide bonds. The Bertz CT molecular complexity index is 1170. The van der Waals surface area contributed by atoms with Gasteiger partial charge in [-0.3, -0.25) is 0 Å². The first-order valence-corrected chi connectivity index (χ1v) is 11.7. The number of aryl methyl sites for hydroxylation is 1. The summed E-state index contributed by atoms with van der Waals surface area (Å²) in [5.41, 5.74) is 0.839. The molecule has 13 heteroatoms. The van der Waals surface area contributed by atoms with Gasteiger partial charge in [-0.25, -0.2) is 27.7 Å². The van der Waals surface area contributed by atoms with E-state index in [1.807, 2.05) is 10.8 Å². The summed E-state index contributed by atoms with van der Waals surface area (Å²) >= 11 is 6.58. The third-order valence-electron chi connectivity index (χ3n) is 4.37. The summed E-state index contributed by atoms with van der Waals surface area (Å²) < 4.78 is 31.5. The van der Waals surface area contributed by atoms with Crippen LogP contribution < -0.4 is 14.9 Å². The Morgan fingerprint density at radius 3 is 2.71 bits per heavy atom. The number of hydrogen-bond donors (Lipinski definition) is 2. The Labute approximate surface area is 187 Å². The molecule has 0 saturated carbocycles. The van der Waals surface area contributed by atoms with Crippen molar-refractivity contribution in [1.29, 1.82) is 5.26 Å². The summed E-state index contributed by atoms with van der Waals surface area (Å²) in [5.74, 6) is -0.170. The largest absolute Gasteiger partial charge is 0.462 e. The lowest BCUT2D eigenvalue weighted by molar-refractivity contribution is 0.0525. The second-order valence-corrected chi connectivity index (χ2v) is 10.2. The molecule has 0 bridgehead atoms. The zero-order valence-corrected chi connectivity index (χ0v) is 18.9. The minimum atomic E-state index is -4.01. The molecule has 0 aliphatic carbocycles. The van der Waals surface area contributed by atoms with Crippen LogP contribution in [0.3, 0.4) is 0 Å². The van der Waals surface area contributed by atoms with Gasteiger partial charge in [0.05, 0.1) is 33.8 Å². The number of ether oxygens (including phenoxy) is 1. The summed E-state index contributed by atoms with van der Waals surface area (Å²) in [5, 5.41) is 12.0. The zero-order chi connectivity index (χ0) is 22.8. The van der Waals surface area contributed by atoms with Gasteiger partial charge in [0.25, 0.3) is 10.0 Å². The van der Waals surface area contributed by atoms with Crippen molar-refractivity contribution in [1.82, 2.24) is 15.0 Å². The van der Waals surface area contributed by atoms with E-state index >= 15 is 0 Å². The molecule has 0 unspecified atom stereocenters. The lowest BCUT2D eigenvalue weighted by Gasteiger charge is -2.40. The van der Waals surface area contributed by atoms with E-state index in [9.17, 15) is 23.3 Å². The fourth-order valence-electron chi connectivity index (χ4n) is 2.90. The molecule has 0 aromatic carbocycles. The van der Waals surface area contributed by atoms with Crippen LogP contribution in [0.15, 0.2) is 22.4 Å². The first-order chi connectivity index (χ1) is 14.6. The van der Waals surface area contributed by atoms with E-state index in [2.05, 4.69) is 10.3 Å². The fraction of sp³-hybridized carbons (Fsp3) is 0.333. The summed E-state index contributed by atoms with van der Waals surface area (Å²) in [6.45, 7) is 4.17. The van der Waals surface area contributed by atoms with Gasteiger partial charge in [-0.05, 0) is 32.0 Å². The molecule has 164 valence electrons. The average Bonchev–Trinajstić information content (AvgIpc) is 3.11. The van der Waals surface area contributed by atoms with Gasteiger partial charge in [0.2, 0.25) is 0 Å². The number of nitriles is 1. The monoisotopic (exact) mass is 482 g/mol. The number of pyridine rings is 1. The van der Waals surface area contributed by atoms with Crippen molar-refractivity contribution in [2.75, 3.05) is 24.6 Å². The maximum absolute atomic E-state index is 12.2. The van der Waals surface area contributed by atoms with Gasteiger partial charge in [0.1, 0.15) is 16.1 Å². The first kappa shape index (κ1) is 22.8. The molecule has 1 fully saturated rings. The topological polar surface area (TPSA) is 141 Å². The fourth-order valence-corrected chi connectivity index (χ4v) is 5.30. The van der Waals surface area contributed by atoms with Crippen LogP contribution in [0, 0.1) is 18.3 Å². The molecule has 3 rings (SSSR count). The van der Waals surface area contributed by atoms with Crippen molar-refractivity contribution in [2.45, 2.75) is 24.1 Å². The third kappa shape index (κ3) is 5.07. The SMILES string of the molecule is CCOC(=O)c1cc(C#N)c(N2CC(N[11C](=O)NS(=O)(=O)c3ccc(Cl)s3)C2)nc1C. The van der Waals surface area contributed by atoms with Gasteiger partial charge in [0, 0.05) is 13.1 Å². The maximum atomic E-state index is 12.2. The highest BCUT2D eigenvalue weighted by molar-refractivity contribution is 7.92. The summed E-state index contributed by atoms with van der Waals surface area (Å²) in [4.78, 5) is 30.2. The highest BCUT2D eigenvalue weighted by Gasteiger charge is 2.32. The zero-order valence-electron chi connectivity index (χ0n) is 16.5. The Kier molecular flexibility index (Phi) is 6.68. The summed E-state index contributed by atoms with van der Waals surface area (Å²) in [6.07, 6.45) is 0. The number of hydrogen-bond acceptors (Lipinski definition) is 9. The number of urea groups is 1. The number of aromatic nitrogens is 1. The molecule has 1 aliphatic heterocycles. The molecule has 2 aromatic heterocycles. The molecule has 31 heavy (non-hydrogen) atoms. The minimum Gasteiger partial charge on any atom is -0.462 e. The minimum absolute atomic E-state index is 0.0667. The van der Waals surface area contributed by atoms with E-state index in [1.54, 1.807) is 18.7 Å². The van der Waals surface area contributed by atoms with Crippen molar-refractivity contribution in [3.8, 4) is 6.07 Å². The number of thiophene rings is 1. The van der Waals surface area contributed by atoms with Crippen LogP contribution in [0.5, 0.6) is 0 Å². The van der Waals surface area contributed by atoms with E-state index in [4.69, 9.17) is 16.3 Å². The summed E-state index contributed by atoms with van der Waals surface area (Å²) in [7, 11) is -4.01. The summed E-state index contributed by atoms with van der Waals surface area (Å²) in [6, 6.07) is 4.98. The van der Waals surface area contributed by atoms with Crippen LogP contribution in [0.2, 0.25) is 4.34 Å². The molecule has 2 aromatic rings. The molecular weight excluding hydrogens is 465 g/mol. The van der Waals surface area contributed by atoms with Crippen molar-refractivity contribution < 1.29 is 22.7 Å². The van der Waals surface area contributed by atoms with E-state index in [0.29, 0.717) is 28.9 Å². The van der Waals surface area contributed by atoms with Crippen LogP contribution >= 0.6 is 22.9 Å². The highest BCUT2D eigenvalue weighted by Crippen LogP contribution is 2.26. The Balaban J connectivity index is 1.62. The number of halogens is 1. The van der Waals surface area contributed by atoms with Gasteiger partial charge < -0.3 is 15.0 Å². The van der Waals surface area contributed by atoms with Gasteiger partial charge >= 0.3 is 12.0 Å². The predicted octanol–water partition coefficient (Wildman–Crippen LogP) is 2.03. The molecule has 2 N–H and O–H groups in total. The first-order valence-electron chi connectivity index (χ1n) is 9.07. The van der Waals surface area contributed by atoms with Gasteiger partial charge in [-0.1, -0.05) is 11.6 Å². The smallest absolute Gasteiger partial charge is 0.340 e. The predicted molar refractivity (Wildman–Crippen MR) is 114 cm³/mol. The highest BCUT2D eigenvalue weighted by atomic mass is 35.5. The van der Waals surface area contributed by atoms with Crippen LogP contribution in [-0.4, -0.2) is 51.1 Å². The number of carbonyl (C=O) groups is 2. The maximum Gasteiger partial charge on any atom is 0.340 e. The van der Waals surface area contributed by atoms with E-state index in [1.165, 1.54) is 18.2 Å². The van der Waals surface area contributed by atoms with Crippen LogP contribution in [0.4, 0.5) is 10.6 Å². The quantitative estimate of drug-likeness (QED) is 0.595. The molecule has 1 saturated heterocycles.